The Labute approximate surface area is 212 Å². The maximum Gasteiger partial charge on any atom is 0.323 e. The summed E-state index contributed by atoms with van der Waals surface area (Å²) in [5.41, 5.74) is -1.24. The Morgan fingerprint density at radius 2 is 1.00 bits per heavy atom. The summed E-state index contributed by atoms with van der Waals surface area (Å²) >= 11 is 0. The summed E-state index contributed by atoms with van der Waals surface area (Å²) in [5, 5.41) is 0. The summed E-state index contributed by atoms with van der Waals surface area (Å²) in [6.45, 7) is 10.1. The highest BCUT2D eigenvalue weighted by atomic mass is 16.6. The molecule has 34 heavy (non-hydrogen) atoms. The van der Waals surface area contributed by atoms with Gasteiger partial charge in [-0.1, -0.05) is 130 Å². The van der Waals surface area contributed by atoms with E-state index in [0.717, 1.165) is 44.9 Å². The molecule has 0 N–H and O–H groups in total. The van der Waals surface area contributed by atoms with Crippen molar-refractivity contribution >= 4 is 11.9 Å². The normalized spacial score (nSPS) is 12.5. The van der Waals surface area contributed by atoms with Gasteiger partial charge in [0.05, 0.1) is 6.61 Å². The molecule has 0 bridgehead atoms. The van der Waals surface area contributed by atoms with Gasteiger partial charge in [-0.3, -0.25) is 9.59 Å². The molecule has 1 atom stereocenters. The third-order valence-electron chi connectivity index (χ3n) is 6.77. The van der Waals surface area contributed by atoms with Crippen molar-refractivity contribution in [3.05, 3.63) is 0 Å². The van der Waals surface area contributed by atoms with Gasteiger partial charge < -0.3 is 9.47 Å². The molecule has 1 unspecified atom stereocenters. The fourth-order valence-corrected chi connectivity index (χ4v) is 4.22. The molecule has 0 aromatic rings. The second-order valence-corrected chi connectivity index (χ2v) is 10.7. The zero-order valence-electron chi connectivity index (χ0n) is 23.6. The van der Waals surface area contributed by atoms with E-state index >= 15 is 0 Å². The van der Waals surface area contributed by atoms with Crippen LogP contribution in [0.1, 0.15) is 163 Å². The van der Waals surface area contributed by atoms with Crippen molar-refractivity contribution in [1.82, 2.24) is 0 Å². The van der Waals surface area contributed by atoms with Crippen LogP contribution in [0.4, 0.5) is 0 Å². The number of carbonyl (C=O) groups excluding carboxylic acids is 2. The number of carbonyl (C=O) groups is 2. The molecule has 4 heteroatoms. The van der Waals surface area contributed by atoms with Gasteiger partial charge in [0.2, 0.25) is 0 Å². The second-order valence-electron chi connectivity index (χ2n) is 10.7. The van der Waals surface area contributed by atoms with Gasteiger partial charge in [-0.15, -0.1) is 0 Å². The molecule has 0 aliphatic carbocycles. The largest absolute Gasteiger partial charge is 0.465 e. The van der Waals surface area contributed by atoms with Gasteiger partial charge in [-0.25, -0.2) is 0 Å². The maximum atomic E-state index is 12.6. The van der Waals surface area contributed by atoms with Crippen LogP contribution in [0, 0.1) is 5.41 Å². The van der Waals surface area contributed by atoms with Crippen molar-refractivity contribution in [1.29, 1.82) is 0 Å². The first kappa shape index (κ1) is 32.9. The minimum atomic E-state index is -1.24. The number of rotatable bonds is 24. The van der Waals surface area contributed by atoms with E-state index < -0.39 is 17.4 Å². The Hall–Kier alpha value is -1.06. The van der Waals surface area contributed by atoms with Crippen LogP contribution in [0.25, 0.3) is 0 Å². The molecule has 0 aliphatic rings. The molecule has 0 saturated carbocycles. The lowest BCUT2D eigenvalue weighted by atomic mass is 9.93. The van der Waals surface area contributed by atoms with Crippen molar-refractivity contribution in [2.24, 2.45) is 5.41 Å². The molecule has 0 aromatic carbocycles. The highest BCUT2D eigenvalue weighted by Gasteiger charge is 2.40. The Morgan fingerprint density at radius 1 is 0.559 bits per heavy atom. The quantitative estimate of drug-likeness (QED) is 0.0781. The summed E-state index contributed by atoms with van der Waals surface area (Å²) in [4.78, 5) is 25.1. The number of unbranched alkanes of at least 4 members (excludes halogenated alkanes) is 15. The molecule has 0 rings (SSSR count). The van der Waals surface area contributed by atoms with Crippen LogP contribution in [0.5, 0.6) is 0 Å². The fourth-order valence-electron chi connectivity index (χ4n) is 4.22. The van der Waals surface area contributed by atoms with Gasteiger partial charge in [-0.05, 0) is 33.1 Å². The second kappa shape index (κ2) is 22.4. The molecule has 0 aromatic heterocycles. The van der Waals surface area contributed by atoms with Crippen molar-refractivity contribution in [3.63, 3.8) is 0 Å². The average Bonchev–Trinajstić information content (AvgIpc) is 2.82. The van der Waals surface area contributed by atoms with E-state index in [2.05, 4.69) is 20.8 Å². The van der Waals surface area contributed by atoms with E-state index in [1.54, 1.807) is 13.8 Å². The lowest BCUT2D eigenvalue weighted by Gasteiger charge is -2.25. The molecule has 202 valence electrons. The smallest absolute Gasteiger partial charge is 0.323 e. The Kier molecular flexibility index (Phi) is 21.7. The molecule has 0 aliphatic heterocycles. The standard InChI is InChI=1S/C30H58O4/c1-6-9-11-12-13-14-15-16-17-18-19-20-21-22-23-26-33-28(31)30(4,5)29(32)34-27(24-8-3)25-10-7-2/h27H,6-26H2,1-5H3. The summed E-state index contributed by atoms with van der Waals surface area (Å²) in [7, 11) is 0. The molecular formula is C30H58O4. The number of hydrogen-bond donors (Lipinski definition) is 0. The number of hydrogen-bond acceptors (Lipinski definition) is 4. The van der Waals surface area contributed by atoms with Gasteiger partial charge in [0.1, 0.15) is 6.10 Å². The van der Waals surface area contributed by atoms with Crippen LogP contribution in [-0.2, 0) is 19.1 Å². The SMILES string of the molecule is CCCCCCCCCCCCCCCCCOC(=O)C(C)(C)C(=O)OC(CCC)CCCC. The topological polar surface area (TPSA) is 52.6 Å². The van der Waals surface area contributed by atoms with Crippen molar-refractivity contribution < 1.29 is 19.1 Å². The first-order valence-electron chi connectivity index (χ1n) is 14.8. The van der Waals surface area contributed by atoms with Gasteiger partial charge in [0.25, 0.3) is 0 Å². The maximum absolute atomic E-state index is 12.6. The Morgan fingerprint density at radius 3 is 1.44 bits per heavy atom. The van der Waals surface area contributed by atoms with Gasteiger partial charge in [0.15, 0.2) is 5.41 Å². The third-order valence-corrected chi connectivity index (χ3v) is 6.77. The van der Waals surface area contributed by atoms with Crippen molar-refractivity contribution in [2.75, 3.05) is 6.61 Å². The average molecular weight is 483 g/mol. The molecule has 0 fully saturated rings. The van der Waals surface area contributed by atoms with E-state index in [-0.39, 0.29) is 6.10 Å². The summed E-state index contributed by atoms with van der Waals surface area (Å²) in [5.74, 6) is -0.919. The summed E-state index contributed by atoms with van der Waals surface area (Å²) in [6.07, 6.45) is 24.3. The monoisotopic (exact) mass is 482 g/mol. The molecular weight excluding hydrogens is 424 g/mol. The predicted molar refractivity (Wildman–Crippen MR) is 144 cm³/mol. The predicted octanol–water partition coefficient (Wildman–Crippen LogP) is 9.33. The van der Waals surface area contributed by atoms with Crippen LogP contribution in [0.3, 0.4) is 0 Å². The molecule has 4 nitrogen and oxygen atoms in total. The van der Waals surface area contributed by atoms with Crippen LogP contribution in [0.2, 0.25) is 0 Å². The van der Waals surface area contributed by atoms with E-state index in [0.29, 0.717) is 6.61 Å². The zero-order chi connectivity index (χ0) is 25.5. The van der Waals surface area contributed by atoms with E-state index in [9.17, 15) is 9.59 Å². The van der Waals surface area contributed by atoms with Gasteiger partial charge >= 0.3 is 11.9 Å². The Balaban J connectivity index is 3.76. The highest BCUT2D eigenvalue weighted by molar-refractivity contribution is 5.99. The molecule has 0 amide bonds. The zero-order valence-corrected chi connectivity index (χ0v) is 23.6. The van der Waals surface area contributed by atoms with Gasteiger partial charge in [0, 0.05) is 0 Å². The minimum absolute atomic E-state index is 0.0972. The van der Waals surface area contributed by atoms with Crippen LogP contribution in [-0.4, -0.2) is 24.6 Å². The van der Waals surface area contributed by atoms with Crippen molar-refractivity contribution in [2.45, 2.75) is 169 Å². The number of esters is 2. The minimum Gasteiger partial charge on any atom is -0.465 e. The molecule has 0 heterocycles. The molecule has 0 spiro atoms. The molecule has 0 radical (unpaired) electrons. The first-order valence-corrected chi connectivity index (χ1v) is 14.8. The summed E-state index contributed by atoms with van der Waals surface area (Å²) < 4.78 is 11.1. The van der Waals surface area contributed by atoms with E-state index in [1.807, 2.05) is 0 Å². The molecule has 0 saturated heterocycles. The lowest BCUT2D eigenvalue weighted by Crippen LogP contribution is -2.38. The third kappa shape index (κ3) is 17.4. The fraction of sp³-hybridized carbons (Fsp3) is 0.933. The van der Waals surface area contributed by atoms with Crippen LogP contribution >= 0.6 is 0 Å². The first-order chi connectivity index (χ1) is 16.4. The number of ether oxygens (including phenoxy) is 2. The van der Waals surface area contributed by atoms with Crippen LogP contribution in [0.15, 0.2) is 0 Å². The van der Waals surface area contributed by atoms with E-state index in [4.69, 9.17) is 9.47 Å². The highest BCUT2D eigenvalue weighted by Crippen LogP contribution is 2.23. The Bertz CT molecular complexity index is 486. The lowest BCUT2D eigenvalue weighted by molar-refractivity contribution is -0.173. The van der Waals surface area contributed by atoms with Crippen LogP contribution < -0.4 is 0 Å². The van der Waals surface area contributed by atoms with E-state index in [1.165, 1.54) is 83.5 Å². The summed E-state index contributed by atoms with van der Waals surface area (Å²) in [6, 6.07) is 0. The van der Waals surface area contributed by atoms with Crippen molar-refractivity contribution in [3.8, 4) is 0 Å². The van der Waals surface area contributed by atoms with Gasteiger partial charge in [-0.2, -0.15) is 0 Å².